The molecular weight excluding hydrogens is 361 g/mol. The van der Waals surface area contributed by atoms with Gasteiger partial charge in [0, 0.05) is 12.4 Å². The smallest absolute Gasteiger partial charge is 0.322 e. The van der Waals surface area contributed by atoms with Crippen LogP contribution in [-0.2, 0) is 24.1 Å². The molecule has 1 aromatic carbocycles. The van der Waals surface area contributed by atoms with Gasteiger partial charge in [0.2, 0.25) is 5.91 Å². The number of aromatic nitrogens is 3. The predicted molar refractivity (Wildman–Crippen MR) is 92.1 cm³/mol. The van der Waals surface area contributed by atoms with Gasteiger partial charge < -0.3 is 9.88 Å². The number of rotatable bonds is 5. The predicted octanol–water partition coefficient (Wildman–Crippen LogP) is 2.75. The Morgan fingerprint density at radius 3 is 2.56 bits per heavy atom. The summed E-state index contributed by atoms with van der Waals surface area (Å²) in [5.41, 5.74) is -1.17. The van der Waals surface area contributed by atoms with Gasteiger partial charge in [0.25, 0.3) is 5.56 Å². The van der Waals surface area contributed by atoms with E-state index in [1.807, 2.05) is 30.3 Å². The molecule has 2 aromatic heterocycles. The van der Waals surface area contributed by atoms with Crippen LogP contribution in [0.2, 0.25) is 0 Å². The zero-order valence-electron chi connectivity index (χ0n) is 14.0. The van der Waals surface area contributed by atoms with E-state index in [0.717, 1.165) is 17.8 Å². The minimum Gasteiger partial charge on any atom is -0.322 e. The summed E-state index contributed by atoms with van der Waals surface area (Å²) in [5, 5.41) is 6.64. The molecule has 0 saturated carbocycles. The van der Waals surface area contributed by atoms with Gasteiger partial charge in [-0.3, -0.25) is 14.3 Å². The Labute approximate surface area is 151 Å². The van der Waals surface area contributed by atoms with Crippen LogP contribution in [0, 0.1) is 0 Å². The summed E-state index contributed by atoms with van der Waals surface area (Å²) >= 11 is 0. The SMILES string of the molecule is O=C(Cn1cccc(C(F)(F)F)c1=O)Nc1cnn(Cc2ccccc2)c1. The second kappa shape index (κ2) is 7.48. The van der Waals surface area contributed by atoms with E-state index in [9.17, 15) is 22.8 Å². The third kappa shape index (κ3) is 4.63. The Morgan fingerprint density at radius 2 is 1.85 bits per heavy atom. The molecule has 0 atom stereocenters. The van der Waals surface area contributed by atoms with E-state index in [1.54, 1.807) is 10.9 Å². The van der Waals surface area contributed by atoms with Gasteiger partial charge in [-0.25, -0.2) is 0 Å². The second-order valence-electron chi connectivity index (χ2n) is 5.81. The lowest BCUT2D eigenvalue weighted by Crippen LogP contribution is -2.31. The summed E-state index contributed by atoms with van der Waals surface area (Å²) in [5.74, 6) is -0.629. The molecule has 0 radical (unpaired) electrons. The van der Waals surface area contributed by atoms with Crippen LogP contribution in [0.25, 0.3) is 0 Å². The molecule has 0 aliphatic heterocycles. The molecule has 0 saturated heterocycles. The topological polar surface area (TPSA) is 68.9 Å². The van der Waals surface area contributed by atoms with Crippen molar-refractivity contribution in [3.05, 3.63) is 82.5 Å². The number of carbonyl (C=O) groups is 1. The number of benzene rings is 1. The molecule has 3 aromatic rings. The van der Waals surface area contributed by atoms with Crippen molar-refractivity contribution in [2.75, 3.05) is 5.32 Å². The molecule has 0 bridgehead atoms. The summed E-state index contributed by atoms with van der Waals surface area (Å²) in [6.07, 6.45) is -0.610. The quantitative estimate of drug-likeness (QED) is 0.745. The number of halogens is 3. The molecule has 0 aliphatic carbocycles. The highest BCUT2D eigenvalue weighted by atomic mass is 19.4. The van der Waals surface area contributed by atoms with Gasteiger partial charge in [-0.1, -0.05) is 30.3 Å². The first kappa shape index (κ1) is 18.4. The maximum Gasteiger partial charge on any atom is 0.421 e. The Balaban J connectivity index is 1.66. The highest BCUT2D eigenvalue weighted by Gasteiger charge is 2.34. The average Bonchev–Trinajstić information content (AvgIpc) is 3.03. The van der Waals surface area contributed by atoms with Crippen LogP contribution in [-0.4, -0.2) is 20.3 Å². The molecule has 2 heterocycles. The molecule has 9 heteroatoms. The van der Waals surface area contributed by atoms with Crippen molar-refractivity contribution in [2.24, 2.45) is 0 Å². The van der Waals surface area contributed by atoms with Gasteiger partial charge in [-0.15, -0.1) is 0 Å². The Hall–Kier alpha value is -3.36. The first-order valence-electron chi connectivity index (χ1n) is 7.96. The second-order valence-corrected chi connectivity index (χ2v) is 5.81. The fourth-order valence-corrected chi connectivity index (χ4v) is 2.52. The van der Waals surface area contributed by atoms with Gasteiger partial charge in [-0.05, 0) is 17.7 Å². The lowest BCUT2D eigenvalue weighted by molar-refractivity contribution is -0.139. The standard InChI is InChI=1S/C18H15F3N4O2/c19-18(20,21)15-7-4-8-24(17(15)27)12-16(26)23-14-9-22-25(11-14)10-13-5-2-1-3-6-13/h1-9,11H,10,12H2,(H,23,26). The first-order valence-corrected chi connectivity index (χ1v) is 7.96. The first-order chi connectivity index (χ1) is 12.8. The van der Waals surface area contributed by atoms with E-state index in [2.05, 4.69) is 10.4 Å². The lowest BCUT2D eigenvalue weighted by atomic mass is 10.2. The fourth-order valence-electron chi connectivity index (χ4n) is 2.52. The summed E-state index contributed by atoms with van der Waals surface area (Å²) in [4.78, 5) is 23.9. The number of hydrogen-bond donors (Lipinski definition) is 1. The van der Waals surface area contributed by atoms with Crippen LogP contribution in [0.1, 0.15) is 11.1 Å². The van der Waals surface area contributed by atoms with Crippen LogP contribution in [0.3, 0.4) is 0 Å². The number of amides is 1. The van der Waals surface area contributed by atoms with Crippen LogP contribution in [0.4, 0.5) is 18.9 Å². The van der Waals surface area contributed by atoms with E-state index < -0.39 is 29.8 Å². The maximum atomic E-state index is 12.8. The molecule has 0 fully saturated rings. The Kier molecular flexibility index (Phi) is 5.11. The summed E-state index contributed by atoms with van der Waals surface area (Å²) in [6.45, 7) is -0.0313. The van der Waals surface area contributed by atoms with Crippen molar-refractivity contribution in [3.63, 3.8) is 0 Å². The monoisotopic (exact) mass is 376 g/mol. The Morgan fingerprint density at radius 1 is 1.11 bits per heavy atom. The molecular formula is C18H15F3N4O2. The normalized spacial score (nSPS) is 11.4. The van der Waals surface area contributed by atoms with Crippen LogP contribution in [0.5, 0.6) is 0 Å². The van der Waals surface area contributed by atoms with Gasteiger partial charge in [0.15, 0.2) is 0 Å². The number of anilines is 1. The van der Waals surface area contributed by atoms with Crippen molar-refractivity contribution in [1.29, 1.82) is 0 Å². The summed E-state index contributed by atoms with van der Waals surface area (Å²) < 4.78 is 40.6. The number of pyridine rings is 1. The molecule has 1 amide bonds. The molecule has 140 valence electrons. The third-order valence-corrected chi connectivity index (χ3v) is 3.74. The van der Waals surface area contributed by atoms with E-state index in [0.29, 0.717) is 22.9 Å². The van der Waals surface area contributed by atoms with Crippen molar-refractivity contribution in [2.45, 2.75) is 19.3 Å². The molecule has 1 N–H and O–H groups in total. The van der Waals surface area contributed by atoms with Gasteiger partial charge in [-0.2, -0.15) is 18.3 Å². The average molecular weight is 376 g/mol. The van der Waals surface area contributed by atoms with Gasteiger partial charge >= 0.3 is 6.18 Å². The van der Waals surface area contributed by atoms with Gasteiger partial charge in [0.05, 0.1) is 18.4 Å². The molecule has 3 rings (SSSR count). The highest BCUT2D eigenvalue weighted by molar-refractivity contribution is 5.90. The zero-order chi connectivity index (χ0) is 19.4. The molecule has 0 unspecified atom stereocenters. The van der Waals surface area contributed by atoms with E-state index >= 15 is 0 Å². The van der Waals surface area contributed by atoms with Crippen LogP contribution in [0.15, 0.2) is 65.8 Å². The largest absolute Gasteiger partial charge is 0.421 e. The maximum absolute atomic E-state index is 12.8. The molecule has 0 aliphatic rings. The van der Waals surface area contributed by atoms with Crippen molar-refractivity contribution < 1.29 is 18.0 Å². The number of carbonyl (C=O) groups excluding carboxylic acids is 1. The van der Waals surface area contributed by atoms with Crippen LogP contribution >= 0.6 is 0 Å². The summed E-state index contributed by atoms with van der Waals surface area (Å²) in [7, 11) is 0. The lowest BCUT2D eigenvalue weighted by Gasteiger charge is -2.10. The number of nitrogens with zero attached hydrogens (tertiary/aromatic N) is 3. The third-order valence-electron chi connectivity index (χ3n) is 3.74. The number of hydrogen-bond acceptors (Lipinski definition) is 3. The zero-order valence-corrected chi connectivity index (χ0v) is 14.0. The number of nitrogens with one attached hydrogen (secondary N) is 1. The van der Waals surface area contributed by atoms with Crippen molar-refractivity contribution in [1.82, 2.24) is 14.3 Å². The van der Waals surface area contributed by atoms with Crippen molar-refractivity contribution in [3.8, 4) is 0 Å². The minimum atomic E-state index is -4.77. The van der Waals surface area contributed by atoms with Gasteiger partial charge in [0.1, 0.15) is 12.1 Å². The van der Waals surface area contributed by atoms with E-state index in [1.165, 1.54) is 6.20 Å². The van der Waals surface area contributed by atoms with Crippen molar-refractivity contribution >= 4 is 11.6 Å². The summed E-state index contributed by atoms with van der Waals surface area (Å²) in [6, 6.07) is 11.3. The molecule has 6 nitrogen and oxygen atoms in total. The molecule has 0 spiro atoms. The van der Waals surface area contributed by atoms with Crippen LogP contribution < -0.4 is 10.9 Å². The Bertz CT molecular complexity index is 994. The minimum absolute atomic E-state index is 0.385. The van der Waals surface area contributed by atoms with E-state index in [-0.39, 0.29) is 0 Å². The highest BCUT2D eigenvalue weighted by Crippen LogP contribution is 2.25. The fraction of sp³-hybridized carbons (Fsp3) is 0.167. The molecule has 27 heavy (non-hydrogen) atoms. The van der Waals surface area contributed by atoms with E-state index in [4.69, 9.17) is 0 Å². The number of alkyl halides is 3.